The maximum Gasteiger partial charge on any atom is 0.261 e. The Labute approximate surface area is 191 Å². The minimum absolute atomic E-state index is 0.0435. The van der Waals surface area contributed by atoms with Crippen molar-refractivity contribution in [3.8, 4) is 5.75 Å². The number of benzene rings is 2. The SMILES string of the molecule is COc1ccc(NS(=O)(=O)c2ccc(C)c(C(=O)NCC(C)N3CCCC(C)C3)c2)cc1. The molecule has 1 aliphatic heterocycles. The maximum atomic E-state index is 12.9. The summed E-state index contributed by atoms with van der Waals surface area (Å²) in [5.41, 5.74) is 1.51. The third-order valence-electron chi connectivity index (χ3n) is 5.98. The van der Waals surface area contributed by atoms with E-state index in [1.807, 2.05) is 0 Å². The molecule has 1 heterocycles. The van der Waals surface area contributed by atoms with E-state index in [2.05, 4.69) is 28.8 Å². The fourth-order valence-electron chi connectivity index (χ4n) is 3.98. The number of rotatable bonds is 8. The molecule has 2 aromatic carbocycles. The molecule has 2 N–H and O–H groups in total. The second-order valence-electron chi connectivity index (χ2n) is 8.61. The standard InChI is InChI=1S/C24H33N3O4S/c1-17-6-5-13-27(16-17)19(3)15-25-24(28)23-14-22(12-7-18(23)2)32(29,30)26-20-8-10-21(31-4)11-9-20/h7-12,14,17,19,26H,5-6,13,15-16H2,1-4H3,(H,25,28). The van der Waals surface area contributed by atoms with E-state index in [9.17, 15) is 13.2 Å². The van der Waals surface area contributed by atoms with Gasteiger partial charge in [-0.2, -0.15) is 0 Å². The Morgan fingerprint density at radius 2 is 1.94 bits per heavy atom. The van der Waals surface area contributed by atoms with Gasteiger partial charge in [0.05, 0.1) is 12.0 Å². The molecule has 2 atom stereocenters. The van der Waals surface area contributed by atoms with Crippen LogP contribution >= 0.6 is 0 Å². The minimum atomic E-state index is -3.84. The van der Waals surface area contributed by atoms with Crippen molar-refractivity contribution < 1.29 is 17.9 Å². The zero-order valence-corrected chi connectivity index (χ0v) is 20.0. The number of hydrogen-bond donors (Lipinski definition) is 2. The summed E-state index contributed by atoms with van der Waals surface area (Å²) in [7, 11) is -2.29. The average molecular weight is 460 g/mol. The first-order valence-corrected chi connectivity index (χ1v) is 12.5. The molecule has 7 nitrogen and oxygen atoms in total. The summed E-state index contributed by atoms with van der Waals surface area (Å²) in [6, 6.07) is 11.4. The number of carbonyl (C=O) groups excluding carboxylic acids is 1. The zero-order chi connectivity index (χ0) is 23.3. The monoisotopic (exact) mass is 459 g/mol. The van der Waals surface area contributed by atoms with Gasteiger partial charge in [-0.05, 0) is 81.1 Å². The Hall–Kier alpha value is -2.58. The van der Waals surface area contributed by atoms with Gasteiger partial charge in [0.2, 0.25) is 0 Å². The molecule has 1 fully saturated rings. The summed E-state index contributed by atoms with van der Waals surface area (Å²) in [5.74, 6) is 1.04. The van der Waals surface area contributed by atoms with E-state index in [-0.39, 0.29) is 16.8 Å². The summed E-state index contributed by atoms with van der Waals surface area (Å²) in [5, 5.41) is 2.98. The van der Waals surface area contributed by atoms with Crippen LogP contribution in [0.25, 0.3) is 0 Å². The highest BCUT2D eigenvalue weighted by molar-refractivity contribution is 7.92. The third-order valence-corrected chi connectivity index (χ3v) is 7.35. The lowest BCUT2D eigenvalue weighted by Crippen LogP contribution is -2.46. The third kappa shape index (κ3) is 6.01. The highest BCUT2D eigenvalue weighted by atomic mass is 32.2. The zero-order valence-electron chi connectivity index (χ0n) is 19.2. The van der Waals surface area contributed by atoms with E-state index >= 15 is 0 Å². The first kappa shape index (κ1) is 24.1. The van der Waals surface area contributed by atoms with Crippen molar-refractivity contribution in [1.29, 1.82) is 0 Å². The molecular weight excluding hydrogens is 426 g/mol. The lowest BCUT2D eigenvalue weighted by Gasteiger charge is -2.35. The van der Waals surface area contributed by atoms with Crippen LogP contribution in [0, 0.1) is 12.8 Å². The highest BCUT2D eigenvalue weighted by Crippen LogP contribution is 2.22. The average Bonchev–Trinajstić information content (AvgIpc) is 2.77. The van der Waals surface area contributed by atoms with Gasteiger partial charge in [-0.3, -0.25) is 14.4 Å². The maximum absolute atomic E-state index is 12.9. The van der Waals surface area contributed by atoms with Crippen molar-refractivity contribution in [1.82, 2.24) is 10.2 Å². The van der Waals surface area contributed by atoms with Crippen LogP contribution < -0.4 is 14.8 Å². The van der Waals surface area contributed by atoms with Crippen LogP contribution in [-0.2, 0) is 10.0 Å². The second kappa shape index (κ2) is 10.4. The van der Waals surface area contributed by atoms with E-state index in [1.165, 1.54) is 25.0 Å². The second-order valence-corrected chi connectivity index (χ2v) is 10.3. The summed E-state index contributed by atoms with van der Waals surface area (Å²) in [6.07, 6.45) is 2.43. The number of nitrogens with zero attached hydrogens (tertiary/aromatic N) is 1. The van der Waals surface area contributed by atoms with Crippen LogP contribution in [0.5, 0.6) is 5.75 Å². The molecule has 1 saturated heterocycles. The van der Waals surface area contributed by atoms with Gasteiger partial charge >= 0.3 is 0 Å². The first-order valence-electron chi connectivity index (χ1n) is 11.0. The molecule has 2 aromatic rings. The predicted octanol–water partition coefficient (Wildman–Crippen LogP) is 3.65. The molecule has 1 aliphatic rings. The van der Waals surface area contributed by atoms with E-state index in [0.717, 1.165) is 18.7 Å². The van der Waals surface area contributed by atoms with Crippen LogP contribution in [-0.4, -0.2) is 52.0 Å². The molecule has 0 bridgehead atoms. The largest absolute Gasteiger partial charge is 0.497 e. The van der Waals surface area contributed by atoms with E-state index in [4.69, 9.17) is 4.74 Å². The van der Waals surface area contributed by atoms with E-state index < -0.39 is 10.0 Å². The Kier molecular flexibility index (Phi) is 7.79. The topological polar surface area (TPSA) is 87.7 Å². The molecule has 0 radical (unpaired) electrons. The molecule has 0 aliphatic carbocycles. The minimum Gasteiger partial charge on any atom is -0.497 e. The van der Waals surface area contributed by atoms with Crippen LogP contribution in [0.2, 0.25) is 0 Å². The number of ether oxygens (including phenoxy) is 1. The Balaban J connectivity index is 1.69. The van der Waals surface area contributed by atoms with Crippen molar-refractivity contribution in [2.24, 2.45) is 5.92 Å². The molecule has 8 heteroatoms. The van der Waals surface area contributed by atoms with Crippen molar-refractivity contribution in [2.75, 3.05) is 31.5 Å². The Morgan fingerprint density at radius 3 is 2.59 bits per heavy atom. The number of nitrogens with one attached hydrogen (secondary N) is 2. The molecular formula is C24H33N3O4S. The van der Waals surface area contributed by atoms with Gasteiger partial charge < -0.3 is 10.1 Å². The summed E-state index contributed by atoms with van der Waals surface area (Å²) in [6.45, 7) is 8.79. The molecule has 1 amide bonds. The van der Waals surface area contributed by atoms with Gasteiger partial charge in [0.15, 0.2) is 0 Å². The fourth-order valence-corrected chi connectivity index (χ4v) is 5.06. The van der Waals surface area contributed by atoms with Crippen LogP contribution in [0.1, 0.15) is 42.6 Å². The number of sulfonamides is 1. The van der Waals surface area contributed by atoms with Crippen molar-refractivity contribution in [3.63, 3.8) is 0 Å². The van der Waals surface area contributed by atoms with Gasteiger partial charge in [-0.1, -0.05) is 13.0 Å². The molecule has 0 aromatic heterocycles. The molecule has 0 spiro atoms. The number of aryl methyl sites for hydroxylation is 1. The predicted molar refractivity (Wildman–Crippen MR) is 127 cm³/mol. The van der Waals surface area contributed by atoms with E-state index in [1.54, 1.807) is 44.4 Å². The van der Waals surface area contributed by atoms with Crippen LogP contribution in [0.4, 0.5) is 5.69 Å². The summed E-state index contributed by atoms with van der Waals surface area (Å²) >= 11 is 0. The van der Waals surface area contributed by atoms with E-state index in [0.29, 0.717) is 29.5 Å². The van der Waals surface area contributed by atoms with Gasteiger partial charge in [0.25, 0.3) is 15.9 Å². The number of anilines is 1. The number of carbonyl (C=O) groups is 1. The molecule has 3 rings (SSSR count). The molecule has 174 valence electrons. The molecule has 32 heavy (non-hydrogen) atoms. The number of piperidine rings is 1. The number of methoxy groups -OCH3 is 1. The highest BCUT2D eigenvalue weighted by Gasteiger charge is 2.22. The van der Waals surface area contributed by atoms with Crippen molar-refractivity contribution >= 4 is 21.6 Å². The number of amides is 1. The normalized spacial score (nSPS) is 18.1. The van der Waals surface area contributed by atoms with Crippen molar-refractivity contribution in [3.05, 3.63) is 53.6 Å². The fraction of sp³-hybridized carbons (Fsp3) is 0.458. The van der Waals surface area contributed by atoms with Crippen LogP contribution in [0.3, 0.4) is 0 Å². The van der Waals surface area contributed by atoms with Gasteiger partial charge in [0.1, 0.15) is 5.75 Å². The number of hydrogen-bond acceptors (Lipinski definition) is 5. The van der Waals surface area contributed by atoms with Gasteiger partial charge in [0, 0.05) is 30.4 Å². The summed E-state index contributed by atoms with van der Waals surface area (Å²) < 4.78 is 33.4. The molecule has 2 unspecified atom stereocenters. The Bertz CT molecular complexity index is 1040. The first-order chi connectivity index (χ1) is 15.2. The van der Waals surface area contributed by atoms with Crippen molar-refractivity contribution in [2.45, 2.75) is 44.6 Å². The lowest BCUT2D eigenvalue weighted by atomic mass is 9.99. The van der Waals surface area contributed by atoms with Gasteiger partial charge in [-0.25, -0.2) is 8.42 Å². The quantitative estimate of drug-likeness (QED) is 0.629. The number of likely N-dealkylation sites (tertiary alicyclic amines) is 1. The van der Waals surface area contributed by atoms with Gasteiger partial charge in [-0.15, -0.1) is 0 Å². The smallest absolute Gasteiger partial charge is 0.261 e. The summed E-state index contributed by atoms with van der Waals surface area (Å²) in [4.78, 5) is 15.3. The molecule has 0 saturated carbocycles. The Morgan fingerprint density at radius 1 is 1.22 bits per heavy atom. The lowest BCUT2D eigenvalue weighted by molar-refractivity contribution is 0.0916. The van der Waals surface area contributed by atoms with Crippen LogP contribution in [0.15, 0.2) is 47.4 Å².